The van der Waals surface area contributed by atoms with E-state index in [1.54, 1.807) is 23.8 Å². The molecule has 8 heteroatoms. The van der Waals surface area contributed by atoms with Crippen molar-refractivity contribution in [3.63, 3.8) is 0 Å². The van der Waals surface area contributed by atoms with Crippen molar-refractivity contribution in [1.82, 2.24) is 15.0 Å². The van der Waals surface area contributed by atoms with Crippen molar-refractivity contribution in [2.24, 2.45) is 0 Å². The standard InChI is InChI=1S/C21H22N4O3S/c1-27-18-11-4-3-9-16(18)19-23-20(28-24-19)17-10-6-12-25(17)21(26)22-14-7-5-8-15(13-14)29-2/h3-5,7-9,11,13,17H,6,10,12H2,1-2H3,(H,22,26)/t17-/m1/s1. The fourth-order valence-electron chi connectivity index (χ4n) is 3.47. The molecule has 29 heavy (non-hydrogen) atoms. The minimum Gasteiger partial charge on any atom is -0.496 e. The highest BCUT2D eigenvalue weighted by Gasteiger charge is 2.34. The second kappa shape index (κ2) is 8.57. The highest BCUT2D eigenvalue weighted by atomic mass is 32.2. The zero-order valence-corrected chi connectivity index (χ0v) is 17.1. The lowest BCUT2D eigenvalue weighted by Crippen LogP contribution is -2.34. The van der Waals surface area contributed by atoms with E-state index in [1.807, 2.05) is 54.8 Å². The first-order valence-corrected chi connectivity index (χ1v) is 10.6. The SMILES string of the molecule is COc1ccccc1-c1noc([C@H]2CCCN2C(=O)Nc2cccc(SC)c2)n1. The smallest absolute Gasteiger partial charge is 0.322 e. The lowest BCUT2D eigenvalue weighted by molar-refractivity contribution is 0.193. The third-order valence-electron chi connectivity index (χ3n) is 4.91. The van der Waals surface area contributed by atoms with Crippen LogP contribution in [0.25, 0.3) is 11.4 Å². The van der Waals surface area contributed by atoms with E-state index in [0.717, 1.165) is 29.0 Å². The summed E-state index contributed by atoms with van der Waals surface area (Å²) in [4.78, 5) is 20.3. The monoisotopic (exact) mass is 410 g/mol. The molecule has 4 rings (SSSR count). The number of aromatic nitrogens is 2. The summed E-state index contributed by atoms with van der Waals surface area (Å²) in [5.74, 6) is 1.57. The van der Waals surface area contributed by atoms with Gasteiger partial charge in [-0.25, -0.2) is 4.79 Å². The molecule has 1 aliphatic heterocycles. The molecule has 7 nitrogen and oxygen atoms in total. The molecular weight excluding hydrogens is 388 g/mol. The van der Waals surface area contributed by atoms with Crippen LogP contribution in [0.1, 0.15) is 24.8 Å². The average Bonchev–Trinajstić information content (AvgIpc) is 3.43. The van der Waals surface area contributed by atoms with Crippen LogP contribution in [0.5, 0.6) is 5.75 Å². The number of nitrogens with zero attached hydrogens (tertiary/aromatic N) is 3. The van der Waals surface area contributed by atoms with Crippen molar-refractivity contribution in [3.05, 3.63) is 54.4 Å². The van der Waals surface area contributed by atoms with Crippen LogP contribution in [0.15, 0.2) is 57.9 Å². The molecule has 1 aromatic heterocycles. The molecule has 2 amide bonds. The number of hydrogen-bond donors (Lipinski definition) is 1. The van der Waals surface area contributed by atoms with E-state index in [9.17, 15) is 4.79 Å². The second-order valence-electron chi connectivity index (χ2n) is 6.67. The Morgan fingerprint density at radius 1 is 1.28 bits per heavy atom. The van der Waals surface area contributed by atoms with Gasteiger partial charge in [0.05, 0.1) is 12.7 Å². The number of nitrogens with one attached hydrogen (secondary N) is 1. The Morgan fingerprint density at radius 2 is 2.14 bits per heavy atom. The third-order valence-corrected chi connectivity index (χ3v) is 5.63. The van der Waals surface area contributed by atoms with Gasteiger partial charge < -0.3 is 19.5 Å². The molecule has 1 fully saturated rings. The fourth-order valence-corrected chi connectivity index (χ4v) is 3.93. The van der Waals surface area contributed by atoms with E-state index < -0.39 is 0 Å². The van der Waals surface area contributed by atoms with Crippen LogP contribution in [0.4, 0.5) is 10.5 Å². The second-order valence-corrected chi connectivity index (χ2v) is 7.55. The number of hydrogen-bond acceptors (Lipinski definition) is 6. The maximum absolute atomic E-state index is 12.9. The minimum atomic E-state index is -0.241. The van der Waals surface area contributed by atoms with Gasteiger partial charge in [-0.15, -0.1) is 11.8 Å². The maximum Gasteiger partial charge on any atom is 0.322 e. The molecular formula is C21H22N4O3S. The van der Waals surface area contributed by atoms with Crippen LogP contribution in [0.3, 0.4) is 0 Å². The number of amides is 2. The highest BCUT2D eigenvalue weighted by molar-refractivity contribution is 7.98. The quantitative estimate of drug-likeness (QED) is 0.607. The van der Waals surface area contributed by atoms with E-state index in [4.69, 9.17) is 9.26 Å². The summed E-state index contributed by atoms with van der Waals surface area (Å²) in [5, 5.41) is 7.09. The Bertz CT molecular complexity index is 1010. The summed E-state index contributed by atoms with van der Waals surface area (Å²) in [6.07, 6.45) is 3.67. The topological polar surface area (TPSA) is 80.5 Å². The van der Waals surface area contributed by atoms with Gasteiger partial charge in [0.15, 0.2) is 0 Å². The molecule has 2 heterocycles. The number of anilines is 1. The number of urea groups is 1. The van der Waals surface area contributed by atoms with Crippen molar-refractivity contribution < 1.29 is 14.1 Å². The summed E-state index contributed by atoms with van der Waals surface area (Å²) in [6.45, 7) is 0.644. The molecule has 0 unspecified atom stereocenters. The zero-order chi connectivity index (χ0) is 20.2. The van der Waals surface area contributed by atoms with Crippen molar-refractivity contribution in [2.75, 3.05) is 25.2 Å². The Kier molecular flexibility index (Phi) is 5.71. The van der Waals surface area contributed by atoms with E-state index in [0.29, 0.717) is 24.0 Å². The lowest BCUT2D eigenvalue weighted by atomic mass is 10.2. The molecule has 1 N–H and O–H groups in total. The molecule has 0 radical (unpaired) electrons. The number of likely N-dealkylation sites (tertiary alicyclic amines) is 1. The van der Waals surface area contributed by atoms with Gasteiger partial charge in [0.1, 0.15) is 11.8 Å². The number of thioether (sulfide) groups is 1. The van der Waals surface area contributed by atoms with Crippen LogP contribution >= 0.6 is 11.8 Å². The summed E-state index contributed by atoms with van der Waals surface area (Å²) in [6, 6.07) is 14.9. The number of methoxy groups -OCH3 is 1. The Morgan fingerprint density at radius 3 is 2.97 bits per heavy atom. The van der Waals surface area contributed by atoms with Gasteiger partial charge in [-0.3, -0.25) is 0 Å². The van der Waals surface area contributed by atoms with E-state index in [-0.39, 0.29) is 12.1 Å². The Hall–Kier alpha value is -3.00. The summed E-state index contributed by atoms with van der Waals surface area (Å²) in [5.41, 5.74) is 1.53. The zero-order valence-electron chi connectivity index (χ0n) is 16.3. The van der Waals surface area contributed by atoms with Gasteiger partial charge in [0.25, 0.3) is 0 Å². The molecule has 3 aromatic rings. The van der Waals surface area contributed by atoms with Gasteiger partial charge in [-0.05, 0) is 49.4 Å². The number of carbonyl (C=O) groups is 1. The average molecular weight is 410 g/mol. The number of para-hydroxylation sites is 1. The van der Waals surface area contributed by atoms with Gasteiger partial charge in [0.2, 0.25) is 11.7 Å². The first kappa shape index (κ1) is 19.3. The van der Waals surface area contributed by atoms with E-state index in [1.165, 1.54) is 0 Å². The molecule has 1 atom stereocenters. The van der Waals surface area contributed by atoms with Gasteiger partial charge in [0, 0.05) is 17.1 Å². The normalized spacial score (nSPS) is 16.1. The van der Waals surface area contributed by atoms with Crippen LogP contribution in [0, 0.1) is 0 Å². The summed E-state index contributed by atoms with van der Waals surface area (Å²) < 4.78 is 10.9. The van der Waals surface area contributed by atoms with Crippen molar-refractivity contribution in [1.29, 1.82) is 0 Å². The summed E-state index contributed by atoms with van der Waals surface area (Å²) in [7, 11) is 1.61. The van der Waals surface area contributed by atoms with Crippen LogP contribution in [-0.4, -0.2) is 41.0 Å². The first-order chi connectivity index (χ1) is 14.2. The molecule has 0 saturated carbocycles. The summed E-state index contributed by atoms with van der Waals surface area (Å²) >= 11 is 1.63. The molecule has 0 bridgehead atoms. The highest BCUT2D eigenvalue weighted by Crippen LogP contribution is 2.34. The maximum atomic E-state index is 12.9. The molecule has 0 spiro atoms. The van der Waals surface area contributed by atoms with Crippen molar-refractivity contribution >= 4 is 23.5 Å². The van der Waals surface area contributed by atoms with Gasteiger partial charge in [-0.1, -0.05) is 23.4 Å². The molecule has 1 aliphatic rings. The third kappa shape index (κ3) is 4.07. The number of ether oxygens (including phenoxy) is 1. The predicted octanol–water partition coefficient (Wildman–Crippen LogP) is 4.84. The number of carbonyl (C=O) groups excluding carboxylic acids is 1. The van der Waals surface area contributed by atoms with E-state index in [2.05, 4.69) is 15.5 Å². The molecule has 0 aliphatic carbocycles. The van der Waals surface area contributed by atoms with Gasteiger partial charge >= 0.3 is 6.03 Å². The van der Waals surface area contributed by atoms with Crippen LogP contribution in [-0.2, 0) is 0 Å². The Balaban J connectivity index is 1.53. The Labute approximate surface area is 173 Å². The van der Waals surface area contributed by atoms with Crippen molar-refractivity contribution in [3.8, 4) is 17.1 Å². The van der Waals surface area contributed by atoms with Gasteiger partial charge in [-0.2, -0.15) is 4.98 Å². The number of rotatable bonds is 5. The molecule has 1 saturated heterocycles. The minimum absolute atomic E-state index is 0.164. The molecule has 150 valence electrons. The van der Waals surface area contributed by atoms with Crippen LogP contribution < -0.4 is 10.1 Å². The van der Waals surface area contributed by atoms with Crippen LogP contribution in [0.2, 0.25) is 0 Å². The van der Waals surface area contributed by atoms with E-state index >= 15 is 0 Å². The number of benzene rings is 2. The predicted molar refractivity (Wildman–Crippen MR) is 112 cm³/mol. The van der Waals surface area contributed by atoms with Crippen molar-refractivity contribution in [2.45, 2.75) is 23.8 Å². The molecule has 2 aromatic carbocycles. The fraction of sp³-hybridized carbons (Fsp3) is 0.286. The largest absolute Gasteiger partial charge is 0.496 e. The first-order valence-electron chi connectivity index (χ1n) is 9.38. The lowest BCUT2D eigenvalue weighted by Gasteiger charge is -2.22.